The molecule has 4 heteroatoms. The van der Waals surface area contributed by atoms with E-state index < -0.39 is 5.82 Å². The SMILES string of the molecule is C=CCN(CCC)C(=O)c1ccc(F)cc1N. The Balaban J connectivity index is 2.96. The van der Waals surface area contributed by atoms with Gasteiger partial charge < -0.3 is 10.6 Å². The number of nitrogen functional groups attached to an aromatic ring is 1. The van der Waals surface area contributed by atoms with E-state index in [-0.39, 0.29) is 11.6 Å². The van der Waals surface area contributed by atoms with Crippen molar-refractivity contribution in [1.29, 1.82) is 0 Å². The number of hydrogen-bond donors (Lipinski definition) is 1. The van der Waals surface area contributed by atoms with Crippen LogP contribution in [0.25, 0.3) is 0 Å². The Labute approximate surface area is 101 Å². The van der Waals surface area contributed by atoms with E-state index in [1.54, 1.807) is 11.0 Å². The van der Waals surface area contributed by atoms with Crippen molar-refractivity contribution in [3.05, 3.63) is 42.2 Å². The van der Waals surface area contributed by atoms with Crippen LogP contribution in [0.3, 0.4) is 0 Å². The van der Waals surface area contributed by atoms with Gasteiger partial charge in [-0.1, -0.05) is 13.0 Å². The summed E-state index contributed by atoms with van der Waals surface area (Å²) in [7, 11) is 0. The molecule has 0 aliphatic heterocycles. The van der Waals surface area contributed by atoms with Crippen molar-refractivity contribution in [2.75, 3.05) is 18.8 Å². The molecule has 0 aromatic heterocycles. The molecular weight excluding hydrogens is 219 g/mol. The van der Waals surface area contributed by atoms with E-state index in [2.05, 4.69) is 6.58 Å². The molecule has 1 rings (SSSR count). The Kier molecular flexibility index (Phi) is 4.69. The molecule has 0 aliphatic rings. The van der Waals surface area contributed by atoms with Gasteiger partial charge >= 0.3 is 0 Å². The number of nitrogens with two attached hydrogens (primary N) is 1. The summed E-state index contributed by atoms with van der Waals surface area (Å²) in [6, 6.07) is 3.81. The van der Waals surface area contributed by atoms with Crippen molar-refractivity contribution >= 4 is 11.6 Å². The molecule has 0 spiro atoms. The van der Waals surface area contributed by atoms with Crippen LogP contribution < -0.4 is 5.73 Å². The van der Waals surface area contributed by atoms with Gasteiger partial charge in [-0.15, -0.1) is 6.58 Å². The first-order chi connectivity index (χ1) is 8.10. The number of carbonyl (C=O) groups excluding carboxylic acids is 1. The second-order valence-corrected chi connectivity index (χ2v) is 3.77. The Morgan fingerprint density at radius 2 is 2.29 bits per heavy atom. The van der Waals surface area contributed by atoms with Crippen LogP contribution in [0.1, 0.15) is 23.7 Å². The van der Waals surface area contributed by atoms with Crippen LogP contribution in [0.5, 0.6) is 0 Å². The first-order valence-corrected chi connectivity index (χ1v) is 5.55. The summed E-state index contributed by atoms with van der Waals surface area (Å²) < 4.78 is 12.9. The fraction of sp³-hybridized carbons (Fsp3) is 0.308. The molecular formula is C13H17FN2O. The molecule has 2 N–H and O–H groups in total. The summed E-state index contributed by atoms with van der Waals surface area (Å²) in [6.07, 6.45) is 2.51. The van der Waals surface area contributed by atoms with Crippen molar-refractivity contribution in [3.8, 4) is 0 Å². The Bertz CT molecular complexity index is 418. The molecule has 1 amide bonds. The highest BCUT2D eigenvalue weighted by atomic mass is 19.1. The molecule has 17 heavy (non-hydrogen) atoms. The van der Waals surface area contributed by atoms with Gasteiger partial charge in [0.05, 0.1) is 5.56 Å². The maximum atomic E-state index is 12.9. The third-order valence-electron chi connectivity index (χ3n) is 2.37. The standard InChI is InChI=1S/C13H17FN2O/c1-3-7-16(8-4-2)13(17)11-6-5-10(14)9-12(11)15/h3,5-6,9H,1,4,7-8,15H2,2H3. The second kappa shape index (κ2) is 6.03. The number of hydrogen-bond acceptors (Lipinski definition) is 2. The zero-order valence-corrected chi connectivity index (χ0v) is 9.95. The molecule has 0 fully saturated rings. The number of amides is 1. The molecule has 0 saturated heterocycles. The third kappa shape index (κ3) is 3.31. The minimum Gasteiger partial charge on any atom is -0.398 e. The number of nitrogens with zero attached hydrogens (tertiary/aromatic N) is 1. The molecule has 0 bridgehead atoms. The van der Waals surface area contributed by atoms with Gasteiger partial charge in [0.1, 0.15) is 5.82 Å². The first-order valence-electron chi connectivity index (χ1n) is 5.55. The predicted octanol–water partition coefficient (Wildman–Crippen LogP) is 2.45. The number of carbonyl (C=O) groups is 1. The fourth-order valence-electron chi connectivity index (χ4n) is 1.60. The van der Waals surface area contributed by atoms with Crippen molar-refractivity contribution in [1.82, 2.24) is 4.90 Å². The monoisotopic (exact) mass is 236 g/mol. The lowest BCUT2D eigenvalue weighted by Crippen LogP contribution is -2.32. The minimum absolute atomic E-state index is 0.167. The summed E-state index contributed by atoms with van der Waals surface area (Å²) in [5, 5.41) is 0. The Morgan fingerprint density at radius 3 is 2.82 bits per heavy atom. The van der Waals surface area contributed by atoms with Crippen LogP contribution in [0, 0.1) is 5.82 Å². The zero-order chi connectivity index (χ0) is 12.8. The van der Waals surface area contributed by atoms with Gasteiger partial charge in [0.2, 0.25) is 0 Å². The minimum atomic E-state index is -0.440. The smallest absolute Gasteiger partial charge is 0.256 e. The van der Waals surface area contributed by atoms with Crippen LogP contribution >= 0.6 is 0 Å². The molecule has 0 atom stereocenters. The lowest BCUT2D eigenvalue weighted by molar-refractivity contribution is 0.0775. The largest absolute Gasteiger partial charge is 0.398 e. The van der Waals surface area contributed by atoms with Gasteiger partial charge in [-0.05, 0) is 24.6 Å². The molecule has 1 aromatic rings. The highest BCUT2D eigenvalue weighted by molar-refractivity contribution is 5.99. The summed E-state index contributed by atoms with van der Waals surface area (Å²) in [5.74, 6) is -0.630. The van der Waals surface area contributed by atoms with Crippen LogP contribution in [0.4, 0.5) is 10.1 Å². The predicted molar refractivity (Wildman–Crippen MR) is 67.2 cm³/mol. The first kappa shape index (κ1) is 13.2. The van der Waals surface area contributed by atoms with E-state index in [0.29, 0.717) is 18.7 Å². The zero-order valence-electron chi connectivity index (χ0n) is 9.95. The van der Waals surface area contributed by atoms with Crippen LogP contribution in [0.2, 0.25) is 0 Å². The molecule has 3 nitrogen and oxygen atoms in total. The van der Waals surface area contributed by atoms with Gasteiger partial charge in [0.25, 0.3) is 5.91 Å². The summed E-state index contributed by atoms with van der Waals surface area (Å²) in [6.45, 7) is 6.68. The number of anilines is 1. The highest BCUT2D eigenvalue weighted by Gasteiger charge is 2.16. The number of rotatable bonds is 5. The van der Waals surface area contributed by atoms with Crippen molar-refractivity contribution in [3.63, 3.8) is 0 Å². The van der Waals surface area contributed by atoms with Gasteiger partial charge in [0, 0.05) is 18.8 Å². The number of halogens is 1. The second-order valence-electron chi connectivity index (χ2n) is 3.77. The van der Waals surface area contributed by atoms with Crippen molar-refractivity contribution in [2.45, 2.75) is 13.3 Å². The fourth-order valence-corrected chi connectivity index (χ4v) is 1.60. The lowest BCUT2D eigenvalue weighted by atomic mass is 10.1. The molecule has 0 heterocycles. The summed E-state index contributed by atoms with van der Waals surface area (Å²) in [4.78, 5) is 13.8. The maximum Gasteiger partial charge on any atom is 0.256 e. The molecule has 0 aliphatic carbocycles. The van der Waals surface area contributed by atoms with Crippen LogP contribution in [-0.2, 0) is 0 Å². The molecule has 0 saturated carbocycles. The van der Waals surface area contributed by atoms with E-state index in [9.17, 15) is 9.18 Å². The van der Waals surface area contributed by atoms with Gasteiger partial charge in [-0.25, -0.2) is 4.39 Å². The lowest BCUT2D eigenvalue weighted by Gasteiger charge is -2.21. The van der Waals surface area contributed by atoms with Crippen molar-refractivity contribution < 1.29 is 9.18 Å². The Morgan fingerprint density at radius 1 is 1.59 bits per heavy atom. The van der Waals surface area contributed by atoms with Gasteiger partial charge in [-0.2, -0.15) is 0 Å². The molecule has 92 valence electrons. The van der Waals surface area contributed by atoms with Crippen LogP contribution in [0.15, 0.2) is 30.9 Å². The van der Waals surface area contributed by atoms with E-state index >= 15 is 0 Å². The topological polar surface area (TPSA) is 46.3 Å². The van der Waals surface area contributed by atoms with Crippen LogP contribution in [-0.4, -0.2) is 23.9 Å². The average molecular weight is 236 g/mol. The van der Waals surface area contributed by atoms with E-state index in [4.69, 9.17) is 5.73 Å². The van der Waals surface area contributed by atoms with E-state index in [1.807, 2.05) is 6.92 Å². The summed E-state index contributed by atoms with van der Waals surface area (Å²) >= 11 is 0. The average Bonchev–Trinajstić information content (AvgIpc) is 2.28. The van der Waals surface area contributed by atoms with Gasteiger partial charge in [0.15, 0.2) is 0 Å². The Hall–Kier alpha value is -1.84. The summed E-state index contributed by atoms with van der Waals surface area (Å²) in [5.41, 5.74) is 6.14. The normalized spacial score (nSPS) is 10.0. The van der Waals surface area contributed by atoms with E-state index in [0.717, 1.165) is 12.5 Å². The van der Waals surface area contributed by atoms with Crippen molar-refractivity contribution in [2.24, 2.45) is 0 Å². The molecule has 0 radical (unpaired) electrons. The molecule has 0 unspecified atom stereocenters. The number of benzene rings is 1. The maximum absolute atomic E-state index is 12.9. The van der Waals surface area contributed by atoms with E-state index in [1.165, 1.54) is 12.1 Å². The highest BCUT2D eigenvalue weighted by Crippen LogP contribution is 2.16. The molecule has 1 aromatic carbocycles. The van der Waals surface area contributed by atoms with Gasteiger partial charge in [-0.3, -0.25) is 4.79 Å². The third-order valence-corrected chi connectivity index (χ3v) is 2.37. The quantitative estimate of drug-likeness (QED) is 0.630.